The summed E-state index contributed by atoms with van der Waals surface area (Å²) in [7, 11) is 1.61. The lowest BCUT2D eigenvalue weighted by atomic mass is 10.2. The highest BCUT2D eigenvalue weighted by Gasteiger charge is 2.06. The molecule has 2 aromatic rings. The maximum absolute atomic E-state index is 13.5. The SMILES string of the molecule is COc1ccc(Nc2ncc(Cl)cc2F)cc1C. The summed E-state index contributed by atoms with van der Waals surface area (Å²) in [5, 5.41) is 3.16. The molecule has 94 valence electrons. The van der Waals surface area contributed by atoms with E-state index in [0.29, 0.717) is 0 Å². The van der Waals surface area contributed by atoms with Crippen LogP contribution in [0, 0.1) is 12.7 Å². The van der Waals surface area contributed by atoms with Crippen molar-refractivity contribution in [2.75, 3.05) is 12.4 Å². The first-order chi connectivity index (χ1) is 8.60. The number of pyridine rings is 1. The Bertz CT molecular complexity index is 575. The zero-order valence-corrected chi connectivity index (χ0v) is 10.8. The quantitative estimate of drug-likeness (QED) is 0.914. The van der Waals surface area contributed by atoms with Crippen LogP contribution in [0.15, 0.2) is 30.5 Å². The lowest BCUT2D eigenvalue weighted by molar-refractivity contribution is 0.412. The molecule has 0 saturated heterocycles. The van der Waals surface area contributed by atoms with Gasteiger partial charge in [0.15, 0.2) is 11.6 Å². The van der Waals surface area contributed by atoms with Gasteiger partial charge >= 0.3 is 0 Å². The van der Waals surface area contributed by atoms with Gasteiger partial charge in [-0.25, -0.2) is 9.37 Å². The van der Waals surface area contributed by atoms with Crippen LogP contribution in [0.3, 0.4) is 0 Å². The zero-order valence-electron chi connectivity index (χ0n) is 10.00. The summed E-state index contributed by atoms with van der Waals surface area (Å²) in [5.74, 6) is 0.435. The Morgan fingerprint density at radius 2 is 2.11 bits per heavy atom. The van der Waals surface area contributed by atoms with E-state index >= 15 is 0 Å². The van der Waals surface area contributed by atoms with E-state index in [-0.39, 0.29) is 10.8 Å². The largest absolute Gasteiger partial charge is 0.496 e. The van der Waals surface area contributed by atoms with Crippen molar-refractivity contribution >= 4 is 23.1 Å². The van der Waals surface area contributed by atoms with Crippen molar-refractivity contribution in [2.45, 2.75) is 6.92 Å². The highest BCUT2D eigenvalue weighted by Crippen LogP contribution is 2.25. The number of nitrogens with one attached hydrogen (secondary N) is 1. The Labute approximate surface area is 110 Å². The van der Waals surface area contributed by atoms with Gasteiger partial charge in [0, 0.05) is 11.9 Å². The monoisotopic (exact) mass is 266 g/mol. The number of halogens is 2. The molecule has 5 heteroatoms. The Morgan fingerprint density at radius 3 is 2.72 bits per heavy atom. The van der Waals surface area contributed by atoms with E-state index < -0.39 is 5.82 Å². The van der Waals surface area contributed by atoms with Crippen molar-refractivity contribution < 1.29 is 9.13 Å². The van der Waals surface area contributed by atoms with Crippen molar-refractivity contribution in [2.24, 2.45) is 0 Å². The molecule has 0 unspecified atom stereocenters. The third-order valence-electron chi connectivity index (χ3n) is 2.47. The minimum atomic E-state index is -0.490. The predicted octanol–water partition coefficient (Wildman–Crippen LogP) is 3.93. The number of anilines is 2. The first-order valence-corrected chi connectivity index (χ1v) is 5.70. The lowest BCUT2D eigenvalue weighted by Crippen LogP contribution is -1.97. The topological polar surface area (TPSA) is 34.1 Å². The minimum Gasteiger partial charge on any atom is -0.496 e. The van der Waals surface area contributed by atoms with Crippen LogP contribution >= 0.6 is 11.6 Å². The second-order valence-electron chi connectivity index (χ2n) is 3.79. The van der Waals surface area contributed by atoms with Gasteiger partial charge < -0.3 is 10.1 Å². The summed E-state index contributed by atoms with van der Waals surface area (Å²) in [6.07, 6.45) is 1.39. The molecule has 1 aromatic carbocycles. The molecule has 0 aliphatic carbocycles. The Kier molecular flexibility index (Phi) is 3.67. The van der Waals surface area contributed by atoms with Gasteiger partial charge in [-0.05, 0) is 36.8 Å². The summed E-state index contributed by atoms with van der Waals surface area (Å²) < 4.78 is 18.7. The molecular formula is C13H12ClFN2O. The third-order valence-corrected chi connectivity index (χ3v) is 2.67. The van der Waals surface area contributed by atoms with Crippen LogP contribution in [0.1, 0.15) is 5.56 Å². The number of nitrogens with zero attached hydrogens (tertiary/aromatic N) is 1. The average Bonchev–Trinajstić information content (AvgIpc) is 2.33. The Hall–Kier alpha value is -1.81. The van der Waals surface area contributed by atoms with Gasteiger partial charge in [0.2, 0.25) is 0 Å². The molecule has 1 heterocycles. The van der Waals surface area contributed by atoms with Gasteiger partial charge in [0.1, 0.15) is 5.75 Å². The van der Waals surface area contributed by atoms with Crippen LogP contribution < -0.4 is 10.1 Å². The van der Waals surface area contributed by atoms with Gasteiger partial charge in [-0.1, -0.05) is 11.6 Å². The van der Waals surface area contributed by atoms with Gasteiger partial charge in [-0.3, -0.25) is 0 Å². The van der Waals surface area contributed by atoms with Crippen LogP contribution in [-0.4, -0.2) is 12.1 Å². The van der Waals surface area contributed by atoms with Crippen LogP contribution in [0.4, 0.5) is 15.9 Å². The lowest BCUT2D eigenvalue weighted by Gasteiger charge is -2.09. The summed E-state index contributed by atoms with van der Waals surface area (Å²) in [4.78, 5) is 3.90. The number of methoxy groups -OCH3 is 1. The smallest absolute Gasteiger partial charge is 0.167 e. The van der Waals surface area contributed by atoms with E-state index in [4.69, 9.17) is 16.3 Å². The van der Waals surface area contributed by atoms with E-state index in [1.807, 2.05) is 19.1 Å². The molecule has 0 amide bonds. The molecule has 0 spiro atoms. The highest BCUT2D eigenvalue weighted by atomic mass is 35.5. The highest BCUT2D eigenvalue weighted by molar-refractivity contribution is 6.30. The van der Waals surface area contributed by atoms with Crippen LogP contribution in [0.5, 0.6) is 5.75 Å². The Morgan fingerprint density at radius 1 is 1.33 bits per heavy atom. The van der Waals surface area contributed by atoms with Crippen molar-refractivity contribution in [3.63, 3.8) is 0 Å². The molecule has 2 rings (SSSR count). The molecular weight excluding hydrogens is 255 g/mol. The molecule has 1 N–H and O–H groups in total. The number of ether oxygens (including phenoxy) is 1. The van der Waals surface area contributed by atoms with E-state index in [2.05, 4.69) is 10.3 Å². The first kappa shape index (κ1) is 12.6. The molecule has 0 saturated carbocycles. The van der Waals surface area contributed by atoms with Crippen LogP contribution in [0.25, 0.3) is 0 Å². The number of hydrogen-bond donors (Lipinski definition) is 1. The van der Waals surface area contributed by atoms with Crippen molar-refractivity contribution in [3.8, 4) is 5.75 Å². The zero-order chi connectivity index (χ0) is 13.1. The fourth-order valence-corrected chi connectivity index (χ4v) is 1.74. The molecule has 0 atom stereocenters. The maximum atomic E-state index is 13.5. The molecule has 0 aliphatic heterocycles. The molecule has 3 nitrogen and oxygen atoms in total. The van der Waals surface area contributed by atoms with Gasteiger partial charge in [0.05, 0.1) is 12.1 Å². The number of rotatable bonds is 3. The fraction of sp³-hybridized carbons (Fsp3) is 0.154. The second kappa shape index (κ2) is 5.23. The minimum absolute atomic E-state index is 0.143. The average molecular weight is 267 g/mol. The van der Waals surface area contributed by atoms with Crippen LogP contribution in [-0.2, 0) is 0 Å². The summed E-state index contributed by atoms with van der Waals surface area (Å²) in [6.45, 7) is 1.91. The normalized spacial score (nSPS) is 10.2. The van der Waals surface area contributed by atoms with Crippen LogP contribution in [0.2, 0.25) is 5.02 Å². The predicted molar refractivity (Wildman–Crippen MR) is 70.2 cm³/mol. The van der Waals surface area contributed by atoms with Crippen molar-refractivity contribution in [3.05, 3.63) is 46.9 Å². The van der Waals surface area contributed by atoms with Gasteiger partial charge in [-0.2, -0.15) is 0 Å². The second-order valence-corrected chi connectivity index (χ2v) is 4.23. The first-order valence-electron chi connectivity index (χ1n) is 5.33. The number of aromatic nitrogens is 1. The van der Waals surface area contributed by atoms with Gasteiger partial charge in [0.25, 0.3) is 0 Å². The Balaban J connectivity index is 2.26. The molecule has 18 heavy (non-hydrogen) atoms. The number of hydrogen-bond acceptors (Lipinski definition) is 3. The van der Waals surface area contributed by atoms with E-state index in [9.17, 15) is 4.39 Å². The number of benzene rings is 1. The summed E-state index contributed by atoms with van der Waals surface area (Å²) in [5.41, 5.74) is 1.69. The van der Waals surface area contributed by atoms with E-state index in [1.54, 1.807) is 13.2 Å². The third kappa shape index (κ3) is 2.71. The molecule has 0 fully saturated rings. The van der Waals surface area contributed by atoms with E-state index in [1.165, 1.54) is 12.3 Å². The number of aryl methyl sites for hydroxylation is 1. The maximum Gasteiger partial charge on any atom is 0.167 e. The van der Waals surface area contributed by atoms with E-state index in [0.717, 1.165) is 17.0 Å². The van der Waals surface area contributed by atoms with Crippen molar-refractivity contribution in [1.82, 2.24) is 4.98 Å². The van der Waals surface area contributed by atoms with Gasteiger partial charge in [-0.15, -0.1) is 0 Å². The summed E-state index contributed by atoms with van der Waals surface area (Å²) in [6, 6.07) is 6.68. The molecule has 0 bridgehead atoms. The standard InChI is InChI=1S/C13H12ClFN2O/c1-8-5-10(3-4-12(8)18-2)17-13-11(15)6-9(14)7-16-13/h3-7H,1-2H3,(H,16,17). The van der Waals surface area contributed by atoms with Crippen molar-refractivity contribution in [1.29, 1.82) is 0 Å². The fourth-order valence-electron chi connectivity index (χ4n) is 1.60. The molecule has 0 aliphatic rings. The molecule has 1 aromatic heterocycles. The summed E-state index contributed by atoms with van der Waals surface area (Å²) >= 11 is 5.64. The molecule has 0 radical (unpaired) electrons.